The molecule has 0 saturated carbocycles. The SMILES string of the molecule is CCCCN(c1ncc(C(=O)O)cn1)c1cc(C(C)(C)C)cc2c1CCC2(C)C. The predicted octanol–water partition coefficient (Wildman–Crippen LogP) is 5.63. The molecule has 0 bridgehead atoms. The summed E-state index contributed by atoms with van der Waals surface area (Å²) >= 11 is 0. The summed E-state index contributed by atoms with van der Waals surface area (Å²) < 4.78 is 0. The summed E-state index contributed by atoms with van der Waals surface area (Å²) in [5.41, 5.74) is 5.58. The Bertz CT molecular complexity index is 896. The third kappa shape index (κ3) is 4.29. The lowest BCUT2D eigenvalue weighted by atomic mass is 9.80. The average Bonchev–Trinajstić information content (AvgIpc) is 2.96. The van der Waals surface area contributed by atoms with Crippen LogP contribution in [0, 0.1) is 0 Å². The number of carboxylic acids is 1. The van der Waals surface area contributed by atoms with Gasteiger partial charge in [-0.3, -0.25) is 0 Å². The Labute approximate surface area is 174 Å². The highest BCUT2D eigenvalue weighted by atomic mass is 16.4. The summed E-state index contributed by atoms with van der Waals surface area (Å²) in [7, 11) is 0. The standard InChI is InChI=1S/C24H33N3O2/c1-7-8-11-27(22-25-14-16(15-26-22)21(28)29)20-13-17(23(2,3)4)12-19-18(20)9-10-24(19,5)6/h12-15H,7-11H2,1-6H3,(H,28,29). The summed E-state index contributed by atoms with van der Waals surface area (Å²) in [6, 6.07) is 4.68. The number of hydrogen-bond acceptors (Lipinski definition) is 4. The van der Waals surface area contributed by atoms with Crippen molar-refractivity contribution in [2.24, 2.45) is 0 Å². The normalized spacial score (nSPS) is 15.2. The molecule has 5 nitrogen and oxygen atoms in total. The number of aromatic carboxylic acids is 1. The minimum absolute atomic E-state index is 0.0346. The van der Waals surface area contributed by atoms with Crippen molar-refractivity contribution in [1.29, 1.82) is 0 Å². The molecule has 29 heavy (non-hydrogen) atoms. The first kappa shape index (κ1) is 21.3. The smallest absolute Gasteiger partial charge is 0.338 e. The molecule has 1 aromatic carbocycles. The van der Waals surface area contributed by atoms with Crippen LogP contribution in [0.4, 0.5) is 11.6 Å². The molecule has 0 spiro atoms. The molecule has 0 aliphatic heterocycles. The Hall–Kier alpha value is -2.43. The highest BCUT2D eigenvalue weighted by Crippen LogP contribution is 2.46. The number of aromatic nitrogens is 2. The maximum absolute atomic E-state index is 11.2. The molecule has 3 rings (SSSR count). The van der Waals surface area contributed by atoms with Crippen LogP contribution in [0.3, 0.4) is 0 Å². The first-order chi connectivity index (χ1) is 13.5. The summed E-state index contributed by atoms with van der Waals surface area (Å²) in [6.07, 6.45) is 7.06. The van der Waals surface area contributed by atoms with Crippen molar-refractivity contribution < 1.29 is 9.90 Å². The second-order valence-electron chi connectivity index (χ2n) is 9.74. The fraction of sp³-hybridized carbons (Fsp3) is 0.542. The van der Waals surface area contributed by atoms with Crippen molar-refractivity contribution in [2.45, 2.75) is 78.1 Å². The van der Waals surface area contributed by atoms with Crippen LogP contribution < -0.4 is 4.90 Å². The molecule has 0 unspecified atom stereocenters. The topological polar surface area (TPSA) is 66.3 Å². The summed E-state index contributed by atoms with van der Waals surface area (Å²) in [6.45, 7) is 14.4. The van der Waals surface area contributed by atoms with Crippen LogP contribution in [-0.4, -0.2) is 27.6 Å². The zero-order chi connectivity index (χ0) is 21.4. The van der Waals surface area contributed by atoms with Gasteiger partial charge in [0.1, 0.15) is 0 Å². The number of carboxylic acid groups (broad SMARTS) is 1. The van der Waals surface area contributed by atoms with Crippen LogP contribution in [0.25, 0.3) is 0 Å². The average molecular weight is 396 g/mol. The molecule has 1 aliphatic carbocycles. The van der Waals surface area contributed by atoms with Crippen molar-refractivity contribution in [1.82, 2.24) is 9.97 Å². The van der Waals surface area contributed by atoms with Crippen molar-refractivity contribution in [3.63, 3.8) is 0 Å². The van der Waals surface area contributed by atoms with Gasteiger partial charge in [0.05, 0.1) is 5.56 Å². The van der Waals surface area contributed by atoms with Crippen LogP contribution in [-0.2, 0) is 17.3 Å². The Morgan fingerprint density at radius 2 is 1.86 bits per heavy atom. The van der Waals surface area contributed by atoms with E-state index in [9.17, 15) is 9.90 Å². The molecule has 0 radical (unpaired) electrons. The van der Waals surface area contributed by atoms with E-state index in [0.29, 0.717) is 5.95 Å². The third-order valence-electron chi connectivity index (χ3n) is 5.97. The Balaban J connectivity index is 2.17. The van der Waals surface area contributed by atoms with Crippen LogP contribution in [0.5, 0.6) is 0 Å². The summed E-state index contributed by atoms with van der Waals surface area (Å²) in [5, 5.41) is 9.19. The number of benzene rings is 1. The van der Waals surface area contributed by atoms with Crippen molar-refractivity contribution in [3.8, 4) is 0 Å². The Morgan fingerprint density at radius 1 is 1.21 bits per heavy atom. The molecule has 2 aromatic rings. The molecular formula is C24H33N3O2. The lowest BCUT2D eigenvalue weighted by Gasteiger charge is -2.30. The number of fused-ring (bicyclic) bond motifs is 1. The highest BCUT2D eigenvalue weighted by molar-refractivity contribution is 5.86. The fourth-order valence-electron chi connectivity index (χ4n) is 3.98. The number of carbonyl (C=O) groups is 1. The molecular weight excluding hydrogens is 362 g/mol. The van der Waals surface area contributed by atoms with Gasteiger partial charge in [-0.25, -0.2) is 14.8 Å². The molecule has 0 saturated heterocycles. The lowest BCUT2D eigenvalue weighted by Crippen LogP contribution is -2.24. The number of anilines is 2. The number of hydrogen-bond donors (Lipinski definition) is 1. The van der Waals surface area contributed by atoms with Crippen molar-refractivity contribution in [2.75, 3.05) is 11.4 Å². The molecule has 156 valence electrons. The first-order valence-electron chi connectivity index (χ1n) is 10.6. The lowest BCUT2D eigenvalue weighted by molar-refractivity contribution is 0.0696. The van der Waals surface area contributed by atoms with Crippen LogP contribution >= 0.6 is 0 Å². The molecule has 5 heteroatoms. The van der Waals surface area contributed by atoms with Gasteiger partial charge in [-0.15, -0.1) is 0 Å². The first-order valence-corrected chi connectivity index (χ1v) is 10.6. The minimum Gasteiger partial charge on any atom is -0.478 e. The van der Waals surface area contributed by atoms with E-state index in [1.54, 1.807) is 0 Å². The van der Waals surface area contributed by atoms with E-state index in [4.69, 9.17) is 0 Å². The monoisotopic (exact) mass is 395 g/mol. The molecule has 0 fully saturated rings. The number of nitrogens with zero attached hydrogens (tertiary/aromatic N) is 3. The van der Waals surface area contributed by atoms with Gasteiger partial charge in [-0.2, -0.15) is 0 Å². The van der Waals surface area contributed by atoms with E-state index in [-0.39, 0.29) is 16.4 Å². The van der Waals surface area contributed by atoms with Gasteiger partial charge in [0.25, 0.3) is 0 Å². The summed E-state index contributed by atoms with van der Waals surface area (Å²) in [4.78, 5) is 22.2. The largest absolute Gasteiger partial charge is 0.478 e. The maximum Gasteiger partial charge on any atom is 0.338 e. The van der Waals surface area contributed by atoms with E-state index in [0.717, 1.165) is 32.2 Å². The zero-order valence-corrected chi connectivity index (χ0v) is 18.5. The van der Waals surface area contributed by atoms with Gasteiger partial charge in [0, 0.05) is 24.6 Å². The van der Waals surface area contributed by atoms with E-state index in [2.05, 4.69) is 68.5 Å². The number of rotatable bonds is 6. The molecule has 1 aromatic heterocycles. The number of unbranched alkanes of at least 4 members (excludes halogenated alkanes) is 1. The van der Waals surface area contributed by atoms with Crippen molar-refractivity contribution in [3.05, 3.63) is 46.8 Å². The quantitative estimate of drug-likeness (QED) is 0.686. The predicted molar refractivity (Wildman–Crippen MR) is 117 cm³/mol. The van der Waals surface area contributed by atoms with E-state index >= 15 is 0 Å². The van der Waals surface area contributed by atoms with E-state index in [1.165, 1.54) is 34.8 Å². The van der Waals surface area contributed by atoms with Crippen LogP contribution in [0.1, 0.15) is 87.9 Å². The third-order valence-corrected chi connectivity index (χ3v) is 5.97. The molecule has 1 aliphatic rings. The maximum atomic E-state index is 11.2. The second kappa shape index (κ2) is 7.77. The van der Waals surface area contributed by atoms with Gasteiger partial charge < -0.3 is 10.0 Å². The fourth-order valence-corrected chi connectivity index (χ4v) is 3.98. The molecule has 1 N–H and O–H groups in total. The van der Waals surface area contributed by atoms with Gasteiger partial charge >= 0.3 is 5.97 Å². The molecule has 0 atom stereocenters. The van der Waals surface area contributed by atoms with Crippen LogP contribution in [0.15, 0.2) is 24.5 Å². The molecule has 0 amide bonds. The van der Waals surface area contributed by atoms with Gasteiger partial charge in [0.2, 0.25) is 5.95 Å². The summed E-state index contributed by atoms with van der Waals surface area (Å²) in [5.74, 6) is -0.435. The second-order valence-corrected chi connectivity index (χ2v) is 9.74. The van der Waals surface area contributed by atoms with Crippen molar-refractivity contribution >= 4 is 17.6 Å². The van der Waals surface area contributed by atoms with Gasteiger partial charge in [0.15, 0.2) is 0 Å². The highest BCUT2D eigenvalue weighted by Gasteiger charge is 2.34. The van der Waals surface area contributed by atoms with Gasteiger partial charge in [-0.05, 0) is 52.8 Å². The Morgan fingerprint density at radius 3 is 2.41 bits per heavy atom. The van der Waals surface area contributed by atoms with E-state index < -0.39 is 5.97 Å². The van der Waals surface area contributed by atoms with Gasteiger partial charge in [-0.1, -0.05) is 54.0 Å². The Kier molecular flexibility index (Phi) is 5.70. The molecule has 1 heterocycles. The zero-order valence-electron chi connectivity index (χ0n) is 18.5. The minimum atomic E-state index is -1.01. The van der Waals surface area contributed by atoms with E-state index in [1.807, 2.05) is 0 Å². The van der Waals surface area contributed by atoms with Crippen LogP contribution in [0.2, 0.25) is 0 Å².